The average molecular weight is 262 g/mol. The molecule has 0 aliphatic rings. The van der Waals surface area contributed by atoms with E-state index in [0.717, 1.165) is 4.90 Å². The third-order valence-electron chi connectivity index (χ3n) is 2.04. The van der Waals surface area contributed by atoms with Crippen LogP contribution in [0.1, 0.15) is 0 Å². The Kier molecular flexibility index (Phi) is 4.95. The number of rotatable bonds is 6. The van der Waals surface area contributed by atoms with E-state index < -0.39 is 13.0 Å². The number of anilines is 3. The molecule has 1 rings (SSSR count). The van der Waals surface area contributed by atoms with Crippen LogP contribution in [0.3, 0.4) is 0 Å². The molecule has 1 aromatic heterocycles. The lowest BCUT2D eigenvalue weighted by Gasteiger charge is -2.22. The minimum atomic E-state index is -2.56. The maximum Gasteiger partial charge on any atom is 0.255 e. The Hall–Kier alpha value is -1.77. The molecule has 7 nitrogen and oxygen atoms in total. The Balaban J connectivity index is 3.02. The molecule has 0 fully saturated rings. The Bertz CT molecular complexity index is 389. The number of hydrogen-bond acceptors (Lipinski definition) is 7. The largest absolute Gasteiger partial charge is 0.395 e. The van der Waals surface area contributed by atoms with Crippen molar-refractivity contribution in [1.82, 2.24) is 15.0 Å². The van der Waals surface area contributed by atoms with Gasteiger partial charge in [0, 0.05) is 20.6 Å². The molecule has 0 amide bonds. The first-order valence-electron chi connectivity index (χ1n) is 5.27. The monoisotopic (exact) mass is 262 g/mol. The second-order valence-corrected chi connectivity index (χ2v) is 3.75. The molecule has 0 saturated heterocycles. The Morgan fingerprint density at radius 1 is 1.22 bits per heavy atom. The third-order valence-corrected chi connectivity index (χ3v) is 2.04. The SMILES string of the molecule is CN(C)c1nc(N)nc(N(CCO)CC(F)F)n1. The summed E-state index contributed by atoms with van der Waals surface area (Å²) in [5.74, 6) is 0.246. The van der Waals surface area contributed by atoms with E-state index in [0.29, 0.717) is 0 Å². The molecule has 9 heteroatoms. The Morgan fingerprint density at radius 2 is 1.83 bits per heavy atom. The lowest BCUT2D eigenvalue weighted by atomic mass is 10.5. The fourth-order valence-electron chi connectivity index (χ4n) is 1.27. The molecule has 0 aliphatic carbocycles. The lowest BCUT2D eigenvalue weighted by Crippen LogP contribution is -2.33. The number of aromatic nitrogens is 3. The highest BCUT2D eigenvalue weighted by molar-refractivity contribution is 5.42. The van der Waals surface area contributed by atoms with Crippen molar-refractivity contribution in [2.75, 3.05) is 49.3 Å². The zero-order valence-electron chi connectivity index (χ0n) is 10.2. The second kappa shape index (κ2) is 6.24. The van der Waals surface area contributed by atoms with Gasteiger partial charge in [-0.3, -0.25) is 0 Å². The maximum absolute atomic E-state index is 12.4. The van der Waals surface area contributed by atoms with Crippen LogP contribution >= 0.6 is 0 Å². The summed E-state index contributed by atoms with van der Waals surface area (Å²) >= 11 is 0. The number of nitrogens with zero attached hydrogens (tertiary/aromatic N) is 5. The van der Waals surface area contributed by atoms with Gasteiger partial charge in [-0.05, 0) is 0 Å². The molecule has 0 bridgehead atoms. The van der Waals surface area contributed by atoms with Crippen molar-refractivity contribution in [2.24, 2.45) is 0 Å². The number of aliphatic hydroxyl groups excluding tert-OH is 1. The van der Waals surface area contributed by atoms with Crippen molar-refractivity contribution >= 4 is 17.8 Å². The highest BCUT2D eigenvalue weighted by Gasteiger charge is 2.17. The number of hydrogen-bond donors (Lipinski definition) is 2. The molecule has 102 valence electrons. The predicted octanol–water partition coefficient (Wildman–Crippen LogP) is -0.416. The summed E-state index contributed by atoms with van der Waals surface area (Å²) in [5.41, 5.74) is 5.50. The van der Waals surface area contributed by atoms with Gasteiger partial charge >= 0.3 is 0 Å². The van der Waals surface area contributed by atoms with Gasteiger partial charge < -0.3 is 20.6 Å². The summed E-state index contributed by atoms with van der Waals surface area (Å²) in [6.45, 7) is -0.854. The molecule has 0 aliphatic heterocycles. The van der Waals surface area contributed by atoms with Gasteiger partial charge in [0.1, 0.15) is 0 Å². The van der Waals surface area contributed by atoms with Gasteiger partial charge in [0.15, 0.2) is 0 Å². The molecule has 0 atom stereocenters. The molecule has 18 heavy (non-hydrogen) atoms. The fraction of sp³-hybridized carbons (Fsp3) is 0.667. The van der Waals surface area contributed by atoms with Crippen LogP contribution in [0, 0.1) is 0 Å². The van der Waals surface area contributed by atoms with Crippen molar-refractivity contribution in [3.8, 4) is 0 Å². The summed E-state index contributed by atoms with van der Waals surface area (Å²) < 4.78 is 24.8. The molecule has 1 aromatic rings. The van der Waals surface area contributed by atoms with Crippen LogP contribution in [0.2, 0.25) is 0 Å². The van der Waals surface area contributed by atoms with Crippen LogP contribution in [0.5, 0.6) is 0 Å². The van der Waals surface area contributed by atoms with Gasteiger partial charge in [0.2, 0.25) is 17.8 Å². The summed E-state index contributed by atoms with van der Waals surface area (Å²) in [4.78, 5) is 14.4. The van der Waals surface area contributed by atoms with Gasteiger partial charge in [-0.25, -0.2) is 8.78 Å². The zero-order chi connectivity index (χ0) is 13.7. The Labute approximate surface area is 103 Å². The van der Waals surface area contributed by atoms with E-state index in [9.17, 15) is 8.78 Å². The highest BCUT2D eigenvalue weighted by atomic mass is 19.3. The molecule has 0 aromatic carbocycles. The summed E-state index contributed by atoms with van der Waals surface area (Å²) in [6, 6.07) is 0. The van der Waals surface area contributed by atoms with Crippen LogP contribution in [0.4, 0.5) is 26.6 Å². The molecule has 0 radical (unpaired) electrons. The van der Waals surface area contributed by atoms with E-state index in [4.69, 9.17) is 10.8 Å². The highest BCUT2D eigenvalue weighted by Crippen LogP contribution is 2.14. The molecule has 0 saturated carbocycles. The molecule has 0 spiro atoms. The topological polar surface area (TPSA) is 91.4 Å². The zero-order valence-corrected chi connectivity index (χ0v) is 10.2. The first-order valence-corrected chi connectivity index (χ1v) is 5.27. The van der Waals surface area contributed by atoms with E-state index in [1.165, 1.54) is 0 Å². The van der Waals surface area contributed by atoms with E-state index in [2.05, 4.69) is 15.0 Å². The first-order chi connectivity index (χ1) is 8.43. The van der Waals surface area contributed by atoms with Crippen LogP contribution in [0.15, 0.2) is 0 Å². The van der Waals surface area contributed by atoms with Crippen molar-refractivity contribution in [3.63, 3.8) is 0 Å². The summed E-state index contributed by atoms with van der Waals surface area (Å²) in [5, 5.41) is 8.86. The smallest absolute Gasteiger partial charge is 0.255 e. The number of aliphatic hydroxyl groups is 1. The van der Waals surface area contributed by atoms with Crippen molar-refractivity contribution in [2.45, 2.75) is 6.43 Å². The van der Waals surface area contributed by atoms with E-state index in [1.54, 1.807) is 19.0 Å². The standard InChI is InChI=1S/C9H16F2N6O/c1-16(2)8-13-7(12)14-9(15-8)17(3-4-18)5-6(10)11/h6,18H,3-5H2,1-2H3,(H2,12,13,14,15). The average Bonchev–Trinajstić information content (AvgIpc) is 2.27. The van der Waals surface area contributed by atoms with Crippen LogP contribution in [-0.4, -0.2) is 60.3 Å². The number of nitrogens with two attached hydrogens (primary N) is 1. The van der Waals surface area contributed by atoms with E-state index in [-0.39, 0.29) is 31.0 Å². The molecular formula is C9H16F2N6O. The van der Waals surface area contributed by atoms with E-state index in [1.807, 2.05) is 0 Å². The van der Waals surface area contributed by atoms with Gasteiger partial charge in [-0.1, -0.05) is 0 Å². The lowest BCUT2D eigenvalue weighted by molar-refractivity contribution is 0.152. The van der Waals surface area contributed by atoms with Crippen molar-refractivity contribution in [3.05, 3.63) is 0 Å². The van der Waals surface area contributed by atoms with Crippen molar-refractivity contribution < 1.29 is 13.9 Å². The molecule has 3 N–H and O–H groups in total. The van der Waals surface area contributed by atoms with Gasteiger partial charge in [0.05, 0.1) is 13.2 Å². The number of nitrogen functional groups attached to an aromatic ring is 1. The van der Waals surface area contributed by atoms with Gasteiger partial charge in [-0.15, -0.1) is 0 Å². The van der Waals surface area contributed by atoms with Crippen LogP contribution < -0.4 is 15.5 Å². The minimum Gasteiger partial charge on any atom is -0.395 e. The minimum absolute atomic E-state index is 0.000657. The number of alkyl halides is 2. The molecular weight excluding hydrogens is 246 g/mol. The van der Waals surface area contributed by atoms with Crippen molar-refractivity contribution in [1.29, 1.82) is 0 Å². The van der Waals surface area contributed by atoms with Crippen LogP contribution in [-0.2, 0) is 0 Å². The molecule has 0 unspecified atom stereocenters. The first kappa shape index (κ1) is 14.3. The Morgan fingerprint density at radius 3 is 2.33 bits per heavy atom. The van der Waals surface area contributed by atoms with Gasteiger partial charge in [0.25, 0.3) is 6.43 Å². The van der Waals surface area contributed by atoms with Crippen LogP contribution in [0.25, 0.3) is 0 Å². The van der Waals surface area contributed by atoms with Gasteiger partial charge in [-0.2, -0.15) is 15.0 Å². The van der Waals surface area contributed by atoms with E-state index >= 15 is 0 Å². The number of halogens is 2. The summed E-state index contributed by atoms with van der Waals surface area (Å²) in [7, 11) is 3.39. The summed E-state index contributed by atoms with van der Waals surface area (Å²) in [6.07, 6.45) is -2.56. The molecule has 1 heterocycles. The predicted molar refractivity (Wildman–Crippen MR) is 63.9 cm³/mol. The normalized spacial score (nSPS) is 10.8. The third kappa shape index (κ3) is 3.91. The second-order valence-electron chi connectivity index (χ2n) is 3.75. The maximum atomic E-state index is 12.4. The fourth-order valence-corrected chi connectivity index (χ4v) is 1.27. The quantitative estimate of drug-likeness (QED) is 0.719.